The van der Waals surface area contributed by atoms with Crippen LogP contribution in [0.15, 0.2) is 60.8 Å². The molecule has 1 fully saturated rings. The van der Waals surface area contributed by atoms with Gasteiger partial charge in [-0.25, -0.2) is 14.4 Å². The van der Waals surface area contributed by atoms with Crippen molar-refractivity contribution >= 4 is 23.4 Å². The Hall–Kier alpha value is -3.32. The van der Waals surface area contributed by atoms with Crippen molar-refractivity contribution in [2.24, 2.45) is 0 Å². The molecule has 1 aromatic heterocycles. The third kappa shape index (κ3) is 5.03. The lowest BCUT2D eigenvalue weighted by Crippen LogP contribution is -2.55. The molecule has 4 rings (SSSR count). The Morgan fingerprint density at radius 1 is 1.15 bits per heavy atom. The first-order valence-electron chi connectivity index (χ1n) is 10.7. The van der Waals surface area contributed by atoms with E-state index < -0.39 is 17.3 Å². The number of carbonyl (C=O) groups excluding carboxylic acids is 2. The van der Waals surface area contributed by atoms with E-state index in [2.05, 4.69) is 10.3 Å². The number of nitrogens with one attached hydrogen (secondary N) is 1. The molecule has 0 unspecified atom stereocenters. The molecule has 2 aromatic carbocycles. The van der Waals surface area contributed by atoms with Crippen molar-refractivity contribution in [3.05, 3.63) is 82.9 Å². The molecular weight excluding hydrogens is 443 g/mol. The quantitative estimate of drug-likeness (QED) is 0.585. The largest absolute Gasteiger partial charge is 0.338 e. The standard InChI is InChI=1S/C25H24ClFN4O2/c1-25(2,30-23(32)17-7-4-9-19(27)15-17)24(33)31-13-5-10-21(31)20-11-12-28-22(29-20)16-6-3-8-18(26)14-16/h3-4,6-9,11-12,14-15,21H,5,10,13H2,1-2H3,(H,30,32)/t21-/m1/s1. The maximum absolute atomic E-state index is 13.5. The third-order valence-corrected chi connectivity index (χ3v) is 5.90. The van der Waals surface area contributed by atoms with Crippen molar-refractivity contribution in [1.29, 1.82) is 0 Å². The maximum Gasteiger partial charge on any atom is 0.252 e. The predicted octanol–water partition coefficient (Wildman–Crippen LogP) is 4.81. The van der Waals surface area contributed by atoms with Gasteiger partial charge in [0.05, 0.1) is 11.7 Å². The van der Waals surface area contributed by atoms with Gasteiger partial charge in [0, 0.05) is 28.9 Å². The Labute approximate surface area is 196 Å². The average molecular weight is 467 g/mol. The van der Waals surface area contributed by atoms with Crippen LogP contribution >= 0.6 is 11.6 Å². The van der Waals surface area contributed by atoms with Crippen molar-refractivity contribution in [2.75, 3.05) is 6.54 Å². The number of amides is 2. The van der Waals surface area contributed by atoms with Crippen molar-refractivity contribution in [1.82, 2.24) is 20.2 Å². The number of rotatable bonds is 5. The molecule has 0 radical (unpaired) electrons. The smallest absolute Gasteiger partial charge is 0.252 e. The fourth-order valence-corrected chi connectivity index (χ4v) is 4.23. The third-order valence-electron chi connectivity index (χ3n) is 5.66. The number of aromatic nitrogens is 2. The van der Waals surface area contributed by atoms with E-state index in [4.69, 9.17) is 16.6 Å². The Morgan fingerprint density at radius 3 is 2.70 bits per heavy atom. The van der Waals surface area contributed by atoms with Crippen molar-refractivity contribution in [3.8, 4) is 11.4 Å². The molecule has 33 heavy (non-hydrogen) atoms. The second kappa shape index (κ2) is 9.27. The minimum Gasteiger partial charge on any atom is -0.338 e. The first-order valence-corrected chi connectivity index (χ1v) is 11.1. The molecule has 170 valence electrons. The number of nitrogens with zero attached hydrogens (tertiary/aromatic N) is 3. The molecule has 2 amide bonds. The highest BCUT2D eigenvalue weighted by Gasteiger charge is 2.40. The summed E-state index contributed by atoms with van der Waals surface area (Å²) in [5.41, 5.74) is 0.506. The zero-order valence-corrected chi connectivity index (χ0v) is 19.1. The molecule has 2 heterocycles. The van der Waals surface area contributed by atoms with Crippen molar-refractivity contribution in [3.63, 3.8) is 0 Å². The summed E-state index contributed by atoms with van der Waals surface area (Å²) in [5.74, 6) is -0.704. The number of halogens is 2. The molecule has 6 nitrogen and oxygen atoms in total. The summed E-state index contributed by atoms with van der Waals surface area (Å²) in [6.07, 6.45) is 3.25. The lowest BCUT2D eigenvalue weighted by Gasteiger charge is -2.33. The highest BCUT2D eigenvalue weighted by Crippen LogP contribution is 2.33. The lowest BCUT2D eigenvalue weighted by atomic mass is 10.0. The van der Waals surface area contributed by atoms with Gasteiger partial charge in [0.2, 0.25) is 5.91 Å². The van der Waals surface area contributed by atoms with Gasteiger partial charge in [0.15, 0.2) is 5.82 Å². The van der Waals surface area contributed by atoms with Gasteiger partial charge in [-0.2, -0.15) is 0 Å². The summed E-state index contributed by atoms with van der Waals surface area (Å²) >= 11 is 6.11. The minimum atomic E-state index is -1.19. The van der Waals surface area contributed by atoms with Gasteiger partial charge in [-0.05, 0) is 63.1 Å². The first-order chi connectivity index (χ1) is 15.7. The molecule has 1 atom stereocenters. The molecule has 0 bridgehead atoms. The number of hydrogen-bond donors (Lipinski definition) is 1. The fraction of sp³-hybridized carbons (Fsp3) is 0.280. The molecule has 0 saturated carbocycles. The molecule has 3 aromatic rings. The summed E-state index contributed by atoms with van der Waals surface area (Å²) in [5, 5.41) is 3.34. The minimum absolute atomic E-state index is 0.163. The van der Waals surface area contributed by atoms with Crippen LogP contribution in [0.4, 0.5) is 4.39 Å². The summed E-state index contributed by atoms with van der Waals surface area (Å²) < 4.78 is 13.5. The van der Waals surface area contributed by atoms with E-state index in [0.717, 1.165) is 30.2 Å². The van der Waals surface area contributed by atoms with Gasteiger partial charge in [-0.15, -0.1) is 0 Å². The Morgan fingerprint density at radius 2 is 1.94 bits per heavy atom. The van der Waals surface area contributed by atoms with Crippen LogP contribution in [0.25, 0.3) is 11.4 Å². The lowest BCUT2D eigenvalue weighted by molar-refractivity contribution is -0.137. The molecule has 1 saturated heterocycles. The van der Waals surface area contributed by atoms with Crippen molar-refractivity contribution in [2.45, 2.75) is 38.3 Å². The topological polar surface area (TPSA) is 75.2 Å². The number of likely N-dealkylation sites (tertiary alicyclic amines) is 1. The van der Waals surface area contributed by atoms with Crippen LogP contribution in [0, 0.1) is 5.82 Å². The summed E-state index contributed by atoms with van der Waals surface area (Å²) in [7, 11) is 0. The second-order valence-electron chi connectivity index (χ2n) is 8.56. The van der Waals surface area contributed by atoms with E-state index in [1.165, 1.54) is 18.2 Å². The molecule has 0 spiro atoms. The number of carbonyl (C=O) groups is 2. The van der Waals surface area contributed by atoms with E-state index in [1.807, 2.05) is 18.2 Å². The molecule has 1 aliphatic heterocycles. The number of benzene rings is 2. The molecule has 1 aliphatic rings. The van der Waals surface area contributed by atoms with E-state index in [1.54, 1.807) is 37.1 Å². The Bertz CT molecular complexity index is 1200. The van der Waals surface area contributed by atoms with Crippen LogP contribution in [0.1, 0.15) is 48.8 Å². The number of hydrogen-bond acceptors (Lipinski definition) is 4. The highest BCUT2D eigenvalue weighted by atomic mass is 35.5. The highest BCUT2D eigenvalue weighted by molar-refractivity contribution is 6.30. The van der Waals surface area contributed by atoms with E-state index in [0.29, 0.717) is 17.4 Å². The summed E-state index contributed by atoms with van der Waals surface area (Å²) in [6.45, 7) is 3.86. The van der Waals surface area contributed by atoms with E-state index in [-0.39, 0.29) is 17.5 Å². The van der Waals surface area contributed by atoms with Crippen LogP contribution in [0.5, 0.6) is 0 Å². The molecular formula is C25H24ClFN4O2. The van der Waals surface area contributed by atoms with Gasteiger partial charge >= 0.3 is 0 Å². The van der Waals surface area contributed by atoms with Crippen LogP contribution < -0.4 is 5.32 Å². The Kier molecular flexibility index (Phi) is 6.42. The summed E-state index contributed by atoms with van der Waals surface area (Å²) in [4.78, 5) is 36.9. The maximum atomic E-state index is 13.5. The summed E-state index contributed by atoms with van der Waals surface area (Å²) in [6, 6.07) is 14.3. The fourth-order valence-electron chi connectivity index (χ4n) is 4.04. The van der Waals surface area contributed by atoms with Crippen molar-refractivity contribution < 1.29 is 14.0 Å². The zero-order chi connectivity index (χ0) is 23.6. The van der Waals surface area contributed by atoms with Gasteiger partial charge in [0.25, 0.3) is 5.91 Å². The predicted molar refractivity (Wildman–Crippen MR) is 124 cm³/mol. The molecule has 1 N–H and O–H groups in total. The average Bonchev–Trinajstić information content (AvgIpc) is 3.28. The molecule has 0 aliphatic carbocycles. The SMILES string of the molecule is CC(C)(NC(=O)c1cccc(F)c1)C(=O)N1CCC[C@@H]1c1ccnc(-c2cccc(Cl)c2)n1. The van der Waals surface area contributed by atoms with Gasteiger partial charge in [-0.3, -0.25) is 9.59 Å². The monoisotopic (exact) mass is 466 g/mol. The first kappa shape index (κ1) is 22.9. The van der Waals surface area contributed by atoms with Gasteiger partial charge < -0.3 is 10.2 Å². The van der Waals surface area contributed by atoms with Crippen LogP contribution in [0.2, 0.25) is 5.02 Å². The van der Waals surface area contributed by atoms with E-state index in [9.17, 15) is 14.0 Å². The second-order valence-corrected chi connectivity index (χ2v) is 9.00. The Balaban J connectivity index is 1.54. The van der Waals surface area contributed by atoms with Crippen LogP contribution in [0.3, 0.4) is 0 Å². The van der Waals surface area contributed by atoms with Crippen LogP contribution in [-0.2, 0) is 4.79 Å². The van der Waals surface area contributed by atoms with E-state index >= 15 is 0 Å². The van der Waals surface area contributed by atoms with Gasteiger partial charge in [-0.1, -0.05) is 29.8 Å². The van der Waals surface area contributed by atoms with Crippen LogP contribution in [-0.4, -0.2) is 38.8 Å². The normalized spacial score (nSPS) is 16.0. The zero-order valence-electron chi connectivity index (χ0n) is 18.4. The van der Waals surface area contributed by atoms with Gasteiger partial charge in [0.1, 0.15) is 11.4 Å². The molecule has 8 heteroatoms.